The normalized spacial score (nSPS) is 15.1. The molecular formula is C21H24N2O2S. The predicted octanol–water partition coefficient (Wildman–Crippen LogP) is 4.24. The molecule has 0 bridgehead atoms. The molecule has 3 rings (SSSR count). The van der Waals surface area contributed by atoms with Crippen LogP contribution in [0.4, 0.5) is 0 Å². The number of carbonyl (C=O) groups excluding carboxylic acids is 2. The molecule has 1 amide bonds. The van der Waals surface area contributed by atoms with Crippen molar-refractivity contribution in [3.63, 3.8) is 0 Å². The van der Waals surface area contributed by atoms with Gasteiger partial charge in [0, 0.05) is 24.8 Å². The molecule has 1 fully saturated rings. The molecule has 26 heavy (non-hydrogen) atoms. The van der Waals surface area contributed by atoms with Crippen LogP contribution in [0.3, 0.4) is 0 Å². The largest absolute Gasteiger partial charge is 0.339 e. The molecule has 5 heteroatoms. The van der Waals surface area contributed by atoms with Gasteiger partial charge in [-0.25, -0.2) is 4.98 Å². The number of benzene rings is 1. The first-order chi connectivity index (χ1) is 12.6. The number of rotatable bonds is 6. The number of likely N-dealkylation sites (tertiary alicyclic amines) is 1. The summed E-state index contributed by atoms with van der Waals surface area (Å²) in [6.45, 7) is 5.65. The van der Waals surface area contributed by atoms with Gasteiger partial charge >= 0.3 is 0 Å². The zero-order valence-corrected chi connectivity index (χ0v) is 16.1. The number of ketones is 1. The number of amides is 1. The van der Waals surface area contributed by atoms with Crippen LogP contribution in [0.15, 0.2) is 47.6 Å². The van der Waals surface area contributed by atoms with Crippen LogP contribution in [0.2, 0.25) is 0 Å². The number of nitrogens with zero attached hydrogens (tertiary/aromatic N) is 2. The second-order valence-corrected chi connectivity index (χ2v) is 7.92. The number of aromatic nitrogens is 1. The van der Waals surface area contributed by atoms with E-state index in [-0.39, 0.29) is 16.9 Å². The van der Waals surface area contributed by atoms with Gasteiger partial charge in [0.15, 0.2) is 5.78 Å². The summed E-state index contributed by atoms with van der Waals surface area (Å²) in [5.41, 5.74) is 2.56. The first-order valence-electron chi connectivity index (χ1n) is 9.13. The van der Waals surface area contributed by atoms with E-state index in [2.05, 4.69) is 11.9 Å². The average Bonchev–Trinajstić information content (AvgIpc) is 3.22. The molecule has 0 aliphatic carbocycles. The Morgan fingerprint density at radius 2 is 1.73 bits per heavy atom. The highest BCUT2D eigenvalue weighted by molar-refractivity contribution is 8.00. The van der Waals surface area contributed by atoms with Crippen LogP contribution < -0.4 is 0 Å². The minimum absolute atomic E-state index is 0.0479. The minimum atomic E-state index is -0.227. The molecule has 1 aromatic heterocycles. The molecule has 1 unspecified atom stereocenters. The number of aryl methyl sites for hydroxylation is 1. The third-order valence-electron chi connectivity index (χ3n) is 4.69. The number of hydrogen-bond acceptors (Lipinski definition) is 4. The van der Waals surface area contributed by atoms with Crippen LogP contribution in [0, 0.1) is 0 Å². The van der Waals surface area contributed by atoms with Crippen molar-refractivity contribution in [2.24, 2.45) is 0 Å². The zero-order chi connectivity index (χ0) is 18.5. The van der Waals surface area contributed by atoms with Crippen molar-refractivity contribution in [1.29, 1.82) is 0 Å². The van der Waals surface area contributed by atoms with Gasteiger partial charge in [-0.1, -0.05) is 43.0 Å². The zero-order valence-electron chi connectivity index (χ0n) is 15.3. The fourth-order valence-corrected chi connectivity index (χ4v) is 3.92. The molecular weight excluding hydrogens is 344 g/mol. The summed E-state index contributed by atoms with van der Waals surface area (Å²) in [6.07, 6.45) is 4.74. The Bertz CT molecular complexity index is 766. The van der Waals surface area contributed by atoms with E-state index >= 15 is 0 Å². The maximum absolute atomic E-state index is 12.6. The van der Waals surface area contributed by atoms with Crippen molar-refractivity contribution in [2.75, 3.05) is 13.1 Å². The highest BCUT2D eigenvalue weighted by Crippen LogP contribution is 2.25. The van der Waals surface area contributed by atoms with Crippen LogP contribution in [0.25, 0.3) is 0 Å². The van der Waals surface area contributed by atoms with Crippen LogP contribution in [0.5, 0.6) is 0 Å². The van der Waals surface area contributed by atoms with E-state index in [9.17, 15) is 9.59 Å². The summed E-state index contributed by atoms with van der Waals surface area (Å²) < 4.78 is 0. The Hall–Kier alpha value is -2.14. The van der Waals surface area contributed by atoms with Gasteiger partial charge in [-0.2, -0.15) is 0 Å². The molecule has 1 aliphatic rings. The lowest BCUT2D eigenvalue weighted by atomic mass is 10.1. The van der Waals surface area contributed by atoms with E-state index in [1.54, 1.807) is 6.20 Å². The quantitative estimate of drug-likeness (QED) is 0.565. The predicted molar refractivity (Wildman–Crippen MR) is 105 cm³/mol. The fourth-order valence-electron chi connectivity index (χ4n) is 3.05. The maximum Gasteiger partial charge on any atom is 0.255 e. The van der Waals surface area contributed by atoms with Gasteiger partial charge in [0.2, 0.25) is 0 Å². The highest BCUT2D eigenvalue weighted by Gasteiger charge is 2.21. The first-order valence-corrected chi connectivity index (χ1v) is 10.0. The Morgan fingerprint density at radius 3 is 2.31 bits per heavy atom. The number of Topliss-reactive ketones (excluding diaryl/α,β-unsaturated/α-hetero) is 1. The lowest BCUT2D eigenvalue weighted by Gasteiger charge is -2.15. The van der Waals surface area contributed by atoms with Gasteiger partial charge in [0.1, 0.15) is 0 Å². The Kier molecular flexibility index (Phi) is 6.09. The monoisotopic (exact) mass is 368 g/mol. The summed E-state index contributed by atoms with van der Waals surface area (Å²) in [4.78, 5) is 31.2. The van der Waals surface area contributed by atoms with E-state index in [1.807, 2.05) is 48.2 Å². The van der Waals surface area contributed by atoms with Crippen molar-refractivity contribution in [1.82, 2.24) is 9.88 Å². The van der Waals surface area contributed by atoms with Crippen LogP contribution in [-0.2, 0) is 6.42 Å². The number of thioether (sulfide) groups is 1. The van der Waals surface area contributed by atoms with E-state index in [0.717, 1.165) is 42.9 Å². The molecule has 0 N–H and O–H groups in total. The molecule has 4 nitrogen and oxygen atoms in total. The molecule has 0 saturated carbocycles. The van der Waals surface area contributed by atoms with Crippen molar-refractivity contribution >= 4 is 23.5 Å². The second-order valence-electron chi connectivity index (χ2n) is 6.56. The lowest BCUT2D eigenvalue weighted by molar-refractivity contribution is 0.0792. The lowest BCUT2D eigenvalue weighted by Crippen LogP contribution is -2.27. The fraction of sp³-hybridized carbons (Fsp3) is 0.381. The summed E-state index contributed by atoms with van der Waals surface area (Å²) in [5, 5.41) is 0.532. The second kappa shape index (κ2) is 8.49. The molecule has 2 heterocycles. The molecule has 1 aromatic carbocycles. The molecule has 0 radical (unpaired) electrons. The molecule has 2 aromatic rings. The van der Waals surface area contributed by atoms with Gasteiger partial charge in [0.05, 0.1) is 15.8 Å². The van der Waals surface area contributed by atoms with Crippen molar-refractivity contribution in [2.45, 2.75) is 43.4 Å². The average molecular weight is 369 g/mol. The van der Waals surface area contributed by atoms with Gasteiger partial charge in [-0.15, -0.1) is 0 Å². The van der Waals surface area contributed by atoms with Gasteiger partial charge in [-0.05, 0) is 43.9 Å². The van der Waals surface area contributed by atoms with E-state index < -0.39 is 0 Å². The third kappa shape index (κ3) is 4.33. The Morgan fingerprint density at radius 1 is 1.08 bits per heavy atom. The van der Waals surface area contributed by atoms with Gasteiger partial charge in [0.25, 0.3) is 5.91 Å². The Balaban J connectivity index is 1.62. The summed E-state index contributed by atoms with van der Waals surface area (Å²) >= 11 is 1.42. The van der Waals surface area contributed by atoms with Gasteiger partial charge in [-0.3, -0.25) is 9.59 Å². The van der Waals surface area contributed by atoms with E-state index in [4.69, 9.17) is 0 Å². The molecule has 1 aliphatic heterocycles. The van der Waals surface area contributed by atoms with Crippen LogP contribution in [0.1, 0.15) is 53.0 Å². The van der Waals surface area contributed by atoms with Crippen molar-refractivity contribution in [3.05, 3.63) is 59.3 Å². The first kappa shape index (κ1) is 18.6. The summed E-state index contributed by atoms with van der Waals surface area (Å²) in [6, 6.07) is 11.4. The van der Waals surface area contributed by atoms with Crippen LogP contribution in [-0.4, -0.2) is 39.9 Å². The van der Waals surface area contributed by atoms with E-state index in [0.29, 0.717) is 5.56 Å². The molecule has 1 saturated heterocycles. The van der Waals surface area contributed by atoms with Gasteiger partial charge < -0.3 is 4.90 Å². The third-order valence-corrected chi connectivity index (χ3v) is 5.74. The highest BCUT2D eigenvalue weighted by atomic mass is 32.2. The smallest absolute Gasteiger partial charge is 0.255 e. The molecule has 1 atom stereocenters. The topological polar surface area (TPSA) is 50.3 Å². The molecule has 0 spiro atoms. The number of carbonyl (C=O) groups is 2. The maximum atomic E-state index is 12.6. The Labute approximate surface area is 159 Å². The summed E-state index contributed by atoms with van der Waals surface area (Å²) in [5.74, 6) is 0.142. The number of hydrogen-bond donors (Lipinski definition) is 0. The number of pyridine rings is 1. The minimum Gasteiger partial charge on any atom is -0.339 e. The SMILES string of the molecule is CCc1ccc(C(=O)C(C)Sc2ccc(C(=O)N3CCCC3)cn2)cc1. The van der Waals surface area contributed by atoms with Crippen LogP contribution >= 0.6 is 11.8 Å². The van der Waals surface area contributed by atoms with Crippen molar-refractivity contribution in [3.8, 4) is 0 Å². The van der Waals surface area contributed by atoms with E-state index in [1.165, 1.54) is 17.3 Å². The summed E-state index contributed by atoms with van der Waals surface area (Å²) in [7, 11) is 0. The standard InChI is InChI=1S/C21H24N2O2S/c1-3-16-6-8-17(9-7-16)20(24)15(2)26-19-11-10-18(14-22-19)21(25)23-12-4-5-13-23/h6-11,14-15H,3-5,12-13H2,1-2H3. The molecule has 136 valence electrons. The van der Waals surface area contributed by atoms with Crippen molar-refractivity contribution < 1.29 is 9.59 Å².